The van der Waals surface area contributed by atoms with Crippen LogP contribution in [0.4, 0.5) is 0 Å². The zero-order valence-corrected chi connectivity index (χ0v) is 8.67. The van der Waals surface area contributed by atoms with Crippen LogP contribution < -0.4 is 0 Å². The first-order valence-corrected chi connectivity index (χ1v) is 4.66. The van der Waals surface area contributed by atoms with Crippen molar-refractivity contribution in [3.8, 4) is 0 Å². The molecule has 1 heteroatoms. The Morgan fingerprint density at radius 1 is 1.38 bits per heavy atom. The molecule has 70 valence electrons. The maximum atomic E-state index is 4.17. The van der Waals surface area contributed by atoms with Crippen molar-refractivity contribution in [2.75, 3.05) is 7.05 Å². The van der Waals surface area contributed by atoms with Crippen LogP contribution in [0.1, 0.15) is 20.3 Å². The fourth-order valence-corrected chi connectivity index (χ4v) is 1.26. The van der Waals surface area contributed by atoms with E-state index in [-0.39, 0.29) is 5.41 Å². The largest absolute Gasteiger partial charge is 0.288 e. The monoisotopic (exact) mass is 175 g/mol. The van der Waals surface area contributed by atoms with Gasteiger partial charge in [0, 0.05) is 12.5 Å². The average Bonchev–Trinajstić information content (AvgIpc) is 2.28. The highest BCUT2D eigenvalue weighted by molar-refractivity contribution is 6.10. The summed E-state index contributed by atoms with van der Waals surface area (Å²) >= 11 is 0. The number of hydrogen-bond donors (Lipinski definition) is 0. The summed E-state index contributed by atoms with van der Waals surface area (Å²) in [4.78, 5) is 4.17. The lowest BCUT2D eigenvalue weighted by atomic mass is 9.87. The second-order valence-electron chi connectivity index (χ2n) is 3.66. The Balaban J connectivity index is 3.05. The molecule has 0 bridgehead atoms. The first-order valence-electron chi connectivity index (χ1n) is 4.66. The minimum atomic E-state index is 0.162. The van der Waals surface area contributed by atoms with E-state index in [0.717, 1.165) is 17.7 Å². The Morgan fingerprint density at radius 2 is 2.00 bits per heavy atom. The van der Waals surface area contributed by atoms with Crippen molar-refractivity contribution >= 4 is 5.71 Å². The summed E-state index contributed by atoms with van der Waals surface area (Å²) in [5, 5.41) is 0. The second kappa shape index (κ2) is 3.73. The maximum absolute atomic E-state index is 4.17. The molecule has 0 fully saturated rings. The van der Waals surface area contributed by atoms with E-state index in [1.165, 1.54) is 0 Å². The minimum Gasteiger partial charge on any atom is -0.288 e. The van der Waals surface area contributed by atoms with Crippen LogP contribution >= 0.6 is 0 Å². The number of nitrogens with zero attached hydrogens (tertiary/aromatic N) is 1. The third kappa shape index (κ3) is 2.18. The predicted octanol–water partition coefficient (Wildman–Crippen LogP) is 3.16. The molecule has 1 nitrogen and oxygen atoms in total. The fourth-order valence-electron chi connectivity index (χ4n) is 1.26. The van der Waals surface area contributed by atoms with E-state index in [4.69, 9.17) is 0 Å². The van der Waals surface area contributed by atoms with E-state index in [1.54, 1.807) is 7.05 Å². The van der Waals surface area contributed by atoms with Crippen LogP contribution in [0.5, 0.6) is 0 Å². The summed E-state index contributed by atoms with van der Waals surface area (Å²) in [5.74, 6) is 0. The molecule has 0 N–H and O–H groups in total. The van der Waals surface area contributed by atoms with Gasteiger partial charge >= 0.3 is 0 Å². The molecule has 0 aromatic rings. The summed E-state index contributed by atoms with van der Waals surface area (Å²) in [6, 6.07) is 0. The lowest BCUT2D eigenvalue weighted by molar-refractivity contribution is 0.531. The molecule has 13 heavy (non-hydrogen) atoms. The normalized spacial score (nSPS) is 31.0. The molecule has 0 aliphatic heterocycles. The molecular weight excluding hydrogens is 158 g/mol. The van der Waals surface area contributed by atoms with E-state index in [2.05, 4.69) is 49.7 Å². The molecule has 1 aliphatic carbocycles. The molecular formula is C12H17N. The Kier molecular flexibility index (Phi) is 2.86. The van der Waals surface area contributed by atoms with Crippen LogP contribution in [0.25, 0.3) is 0 Å². The summed E-state index contributed by atoms with van der Waals surface area (Å²) in [7, 11) is 1.80. The van der Waals surface area contributed by atoms with Gasteiger partial charge in [-0.3, -0.25) is 4.99 Å². The highest BCUT2D eigenvalue weighted by Crippen LogP contribution is 2.27. The lowest BCUT2D eigenvalue weighted by Gasteiger charge is -2.17. The van der Waals surface area contributed by atoms with Crippen molar-refractivity contribution in [3.63, 3.8) is 0 Å². The van der Waals surface area contributed by atoms with Crippen molar-refractivity contribution in [1.82, 2.24) is 0 Å². The van der Waals surface area contributed by atoms with Crippen LogP contribution in [0.15, 0.2) is 41.4 Å². The van der Waals surface area contributed by atoms with Gasteiger partial charge in [0.05, 0.1) is 5.71 Å². The topological polar surface area (TPSA) is 12.4 Å². The SMILES string of the molecule is C=C1C=CC(C)(CC)C=CC1=NC. The molecule has 0 amide bonds. The molecule has 0 radical (unpaired) electrons. The van der Waals surface area contributed by atoms with Crippen molar-refractivity contribution < 1.29 is 0 Å². The summed E-state index contributed by atoms with van der Waals surface area (Å²) < 4.78 is 0. The minimum absolute atomic E-state index is 0.162. The molecule has 1 unspecified atom stereocenters. The Labute approximate surface area is 80.6 Å². The number of aliphatic imine (C=N–C) groups is 1. The van der Waals surface area contributed by atoms with Crippen LogP contribution in [0, 0.1) is 5.41 Å². The van der Waals surface area contributed by atoms with Gasteiger partial charge in [-0.2, -0.15) is 0 Å². The highest BCUT2D eigenvalue weighted by atomic mass is 14.7. The first-order chi connectivity index (χ1) is 6.11. The molecule has 0 saturated carbocycles. The molecule has 0 aromatic carbocycles. The van der Waals surface area contributed by atoms with Crippen LogP contribution in [-0.2, 0) is 0 Å². The average molecular weight is 175 g/mol. The highest BCUT2D eigenvalue weighted by Gasteiger charge is 2.16. The molecule has 1 atom stereocenters. The fraction of sp³-hybridized carbons (Fsp3) is 0.417. The third-order valence-electron chi connectivity index (χ3n) is 2.62. The van der Waals surface area contributed by atoms with Gasteiger partial charge in [0.15, 0.2) is 0 Å². The van der Waals surface area contributed by atoms with Gasteiger partial charge in [0.25, 0.3) is 0 Å². The summed E-state index contributed by atoms with van der Waals surface area (Å²) in [5.41, 5.74) is 2.14. The van der Waals surface area contributed by atoms with Crippen LogP contribution in [-0.4, -0.2) is 12.8 Å². The molecule has 0 saturated heterocycles. The standard InChI is InChI=1S/C12H17N/c1-5-12(3)8-6-10(2)11(13-4)7-9-12/h6-9H,2,5H2,1,3-4H3. The van der Waals surface area contributed by atoms with Crippen molar-refractivity contribution in [3.05, 3.63) is 36.5 Å². The summed E-state index contributed by atoms with van der Waals surface area (Å²) in [6.45, 7) is 8.36. The smallest absolute Gasteiger partial charge is 0.0634 e. The second-order valence-corrected chi connectivity index (χ2v) is 3.66. The first kappa shape index (κ1) is 9.97. The van der Waals surface area contributed by atoms with Crippen LogP contribution in [0.3, 0.4) is 0 Å². The Morgan fingerprint density at radius 3 is 2.54 bits per heavy atom. The van der Waals surface area contributed by atoms with Gasteiger partial charge in [0.1, 0.15) is 0 Å². The van der Waals surface area contributed by atoms with Crippen molar-refractivity contribution in [2.24, 2.45) is 10.4 Å². The third-order valence-corrected chi connectivity index (χ3v) is 2.62. The zero-order valence-electron chi connectivity index (χ0n) is 8.67. The van der Waals surface area contributed by atoms with E-state index in [0.29, 0.717) is 0 Å². The number of allylic oxidation sites excluding steroid dienone is 5. The van der Waals surface area contributed by atoms with Gasteiger partial charge in [-0.25, -0.2) is 0 Å². The van der Waals surface area contributed by atoms with Crippen molar-refractivity contribution in [2.45, 2.75) is 20.3 Å². The predicted molar refractivity (Wildman–Crippen MR) is 59.2 cm³/mol. The van der Waals surface area contributed by atoms with E-state index < -0.39 is 0 Å². The van der Waals surface area contributed by atoms with Gasteiger partial charge < -0.3 is 0 Å². The van der Waals surface area contributed by atoms with E-state index >= 15 is 0 Å². The van der Waals surface area contributed by atoms with Gasteiger partial charge in [-0.15, -0.1) is 0 Å². The van der Waals surface area contributed by atoms with E-state index in [1.807, 2.05) is 0 Å². The molecule has 0 heterocycles. The molecule has 1 aliphatic rings. The lowest BCUT2D eigenvalue weighted by Crippen LogP contribution is -2.06. The van der Waals surface area contributed by atoms with Gasteiger partial charge in [0.2, 0.25) is 0 Å². The summed E-state index contributed by atoms with van der Waals surface area (Å²) in [6.07, 6.45) is 9.62. The maximum Gasteiger partial charge on any atom is 0.0634 e. The quantitative estimate of drug-likeness (QED) is 0.580. The Bertz CT molecular complexity index is 294. The Hall–Kier alpha value is -1.11. The van der Waals surface area contributed by atoms with Crippen molar-refractivity contribution in [1.29, 1.82) is 0 Å². The molecule has 1 rings (SSSR count). The number of rotatable bonds is 1. The van der Waals surface area contributed by atoms with Gasteiger partial charge in [-0.1, -0.05) is 38.7 Å². The zero-order chi connectivity index (χ0) is 9.90. The number of hydrogen-bond acceptors (Lipinski definition) is 1. The van der Waals surface area contributed by atoms with Gasteiger partial charge in [-0.05, 0) is 18.1 Å². The van der Waals surface area contributed by atoms with Crippen LogP contribution in [0.2, 0.25) is 0 Å². The molecule has 0 spiro atoms. The molecule has 0 aromatic heterocycles. The van der Waals surface area contributed by atoms with E-state index in [9.17, 15) is 0 Å².